The number of aromatic hydroxyl groups is 1. The lowest BCUT2D eigenvalue weighted by Gasteiger charge is -2.23. The zero-order valence-corrected chi connectivity index (χ0v) is 19.8. The van der Waals surface area contributed by atoms with E-state index in [0.717, 1.165) is 0 Å². The Hall–Kier alpha value is -3.14. The van der Waals surface area contributed by atoms with Crippen molar-refractivity contribution in [2.24, 2.45) is 0 Å². The van der Waals surface area contributed by atoms with Gasteiger partial charge in [0.1, 0.15) is 5.75 Å². The third kappa shape index (κ3) is 4.85. The molecule has 0 aromatic heterocycles. The normalized spacial score (nSPS) is 12.1. The number of nitrogens with zero attached hydrogens (tertiary/aromatic N) is 1. The van der Waals surface area contributed by atoms with E-state index in [9.17, 15) is 19.4 Å². The molecule has 0 fully saturated rings. The number of carbonyl (C=O) groups excluding carboxylic acids is 1. The smallest absolute Gasteiger partial charge is 0.259 e. The molecule has 0 aliphatic heterocycles. The molecule has 1 atom stereocenters. The number of benzene rings is 3. The first-order valence-electron chi connectivity index (χ1n) is 9.89. The molecule has 1 unspecified atom stereocenters. The lowest BCUT2D eigenvalue weighted by Crippen LogP contribution is -2.19. The molecule has 0 aliphatic carbocycles. The third-order valence-corrected chi connectivity index (χ3v) is 6.72. The maximum atomic E-state index is 13.0. The average molecular weight is 467 g/mol. The van der Waals surface area contributed by atoms with Gasteiger partial charge in [-0.15, -0.1) is 0 Å². The molecule has 3 aromatic rings. The Labute approximate surface area is 195 Å². The second-order valence-corrected chi connectivity index (χ2v) is 10.3. The zero-order chi connectivity index (χ0) is 23.6. The Morgan fingerprint density at radius 2 is 1.59 bits per heavy atom. The lowest BCUT2D eigenvalue weighted by molar-refractivity contribution is 0.102. The Kier molecular flexibility index (Phi) is 6.73. The van der Waals surface area contributed by atoms with E-state index < -0.39 is 22.1 Å². The fourth-order valence-corrected chi connectivity index (χ4v) is 4.45. The molecule has 3 aromatic carbocycles. The molecule has 32 heavy (non-hydrogen) atoms. The van der Waals surface area contributed by atoms with Gasteiger partial charge in [0.25, 0.3) is 5.91 Å². The van der Waals surface area contributed by atoms with Gasteiger partial charge < -0.3 is 10.4 Å². The van der Waals surface area contributed by atoms with E-state index in [2.05, 4.69) is 11.4 Å². The molecule has 5 nitrogen and oxygen atoms in total. The topological polar surface area (TPSA) is 90.2 Å². The first-order valence-corrected chi connectivity index (χ1v) is 11.4. The van der Waals surface area contributed by atoms with Crippen molar-refractivity contribution in [3.63, 3.8) is 0 Å². The summed E-state index contributed by atoms with van der Waals surface area (Å²) in [5, 5.41) is 23.6. The molecular formula is C25H23ClN2O3S. The predicted molar refractivity (Wildman–Crippen MR) is 127 cm³/mol. The van der Waals surface area contributed by atoms with Crippen LogP contribution in [0.25, 0.3) is 0 Å². The number of carbonyl (C=O) groups is 1. The number of halogens is 1. The van der Waals surface area contributed by atoms with E-state index in [-0.39, 0.29) is 11.3 Å². The van der Waals surface area contributed by atoms with Crippen LogP contribution in [0.4, 0.5) is 5.69 Å². The summed E-state index contributed by atoms with van der Waals surface area (Å²) in [5.41, 5.74) is 1.38. The van der Waals surface area contributed by atoms with E-state index in [1.165, 1.54) is 0 Å². The number of hydrogen-bond acceptors (Lipinski definition) is 4. The number of amides is 1. The molecule has 0 radical (unpaired) electrons. The number of phenolic OH excluding ortho intramolecular Hbond substituents is 1. The summed E-state index contributed by atoms with van der Waals surface area (Å²) in [4.78, 5) is 14.2. The number of nitriles is 1. The van der Waals surface area contributed by atoms with Crippen LogP contribution >= 0.6 is 11.6 Å². The monoisotopic (exact) mass is 466 g/mol. The second kappa shape index (κ2) is 9.15. The predicted octanol–water partition coefficient (Wildman–Crippen LogP) is 5.94. The highest BCUT2D eigenvalue weighted by molar-refractivity contribution is 7.85. The van der Waals surface area contributed by atoms with Crippen LogP contribution in [0.3, 0.4) is 0 Å². The van der Waals surface area contributed by atoms with Crippen molar-refractivity contribution >= 4 is 34.0 Å². The van der Waals surface area contributed by atoms with E-state index >= 15 is 0 Å². The standard InChI is InChI=1S/C25H23ClN2O3S/c1-15-16(14-27)13-21(25(2,3)4)23(29)22(15)24(30)28-18-7-11-20(12-8-18)32(31)19-9-5-17(26)6-10-19/h5-13,29H,1-4H3,(H,28,30). The fourth-order valence-electron chi connectivity index (χ4n) is 3.28. The first-order chi connectivity index (χ1) is 15.0. The highest BCUT2D eigenvalue weighted by Gasteiger charge is 2.27. The minimum atomic E-state index is -1.38. The van der Waals surface area contributed by atoms with Gasteiger partial charge >= 0.3 is 0 Å². The highest BCUT2D eigenvalue weighted by atomic mass is 35.5. The van der Waals surface area contributed by atoms with Crippen LogP contribution in [-0.4, -0.2) is 15.2 Å². The van der Waals surface area contributed by atoms with Gasteiger partial charge in [0.2, 0.25) is 0 Å². The summed E-state index contributed by atoms with van der Waals surface area (Å²) < 4.78 is 12.7. The van der Waals surface area contributed by atoms with Crippen molar-refractivity contribution in [3.05, 3.63) is 81.9 Å². The maximum Gasteiger partial charge on any atom is 0.259 e. The third-order valence-electron chi connectivity index (χ3n) is 5.07. The largest absolute Gasteiger partial charge is 0.507 e. The van der Waals surface area contributed by atoms with Gasteiger partial charge in [-0.3, -0.25) is 4.79 Å². The molecule has 7 heteroatoms. The van der Waals surface area contributed by atoms with Crippen LogP contribution < -0.4 is 5.32 Å². The molecule has 0 saturated carbocycles. The van der Waals surface area contributed by atoms with Gasteiger partial charge in [-0.05, 0) is 72.5 Å². The second-order valence-electron chi connectivity index (χ2n) is 8.38. The SMILES string of the molecule is Cc1c(C#N)cc(C(C)(C)C)c(O)c1C(=O)Nc1ccc(S(=O)c2ccc(Cl)cc2)cc1. The van der Waals surface area contributed by atoms with Gasteiger partial charge in [0.15, 0.2) is 0 Å². The molecule has 0 saturated heterocycles. The Morgan fingerprint density at radius 3 is 2.09 bits per heavy atom. The van der Waals surface area contributed by atoms with Crippen LogP contribution in [0, 0.1) is 18.3 Å². The molecular weight excluding hydrogens is 444 g/mol. The van der Waals surface area contributed by atoms with Crippen molar-refractivity contribution in [1.82, 2.24) is 0 Å². The van der Waals surface area contributed by atoms with E-state index in [4.69, 9.17) is 11.6 Å². The quantitative estimate of drug-likeness (QED) is 0.497. The van der Waals surface area contributed by atoms with Crippen LogP contribution in [0.5, 0.6) is 5.75 Å². The Balaban J connectivity index is 1.89. The van der Waals surface area contributed by atoms with Crippen molar-refractivity contribution in [2.45, 2.75) is 42.9 Å². The van der Waals surface area contributed by atoms with Crippen molar-refractivity contribution in [3.8, 4) is 11.8 Å². The first kappa shape index (κ1) is 23.5. The molecule has 164 valence electrons. The summed E-state index contributed by atoms with van der Waals surface area (Å²) >= 11 is 5.88. The zero-order valence-electron chi connectivity index (χ0n) is 18.2. The minimum Gasteiger partial charge on any atom is -0.507 e. The lowest BCUT2D eigenvalue weighted by atomic mass is 9.82. The molecule has 1 amide bonds. The van der Waals surface area contributed by atoms with Crippen LogP contribution in [0.15, 0.2) is 64.4 Å². The maximum absolute atomic E-state index is 13.0. The summed E-state index contributed by atoms with van der Waals surface area (Å²) in [6.45, 7) is 7.34. The molecule has 3 rings (SSSR count). The van der Waals surface area contributed by atoms with Gasteiger partial charge in [-0.25, -0.2) is 4.21 Å². The Morgan fingerprint density at radius 1 is 1.06 bits per heavy atom. The van der Waals surface area contributed by atoms with Crippen molar-refractivity contribution in [1.29, 1.82) is 5.26 Å². The van der Waals surface area contributed by atoms with Crippen molar-refractivity contribution < 1.29 is 14.1 Å². The molecule has 2 N–H and O–H groups in total. The highest BCUT2D eigenvalue weighted by Crippen LogP contribution is 2.37. The summed E-state index contributed by atoms with van der Waals surface area (Å²) in [6.07, 6.45) is 0. The van der Waals surface area contributed by atoms with Gasteiger partial charge in [0.05, 0.1) is 28.0 Å². The average Bonchev–Trinajstić information content (AvgIpc) is 2.73. The van der Waals surface area contributed by atoms with Crippen LogP contribution in [0.1, 0.15) is 47.8 Å². The number of hydrogen-bond donors (Lipinski definition) is 2. The van der Waals surface area contributed by atoms with Gasteiger partial charge in [-0.2, -0.15) is 5.26 Å². The minimum absolute atomic E-state index is 0.0720. The molecule has 0 heterocycles. The molecule has 0 bridgehead atoms. The number of rotatable bonds is 4. The van der Waals surface area contributed by atoms with Gasteiger partial charge in [0, 0.05) is 26.1 Å². The summed E-state index contributed by atoms with van der Waals surface area (Å²) in [5.74, 6) is -0.652. The van der Waals surface area contributed by atoms with Crippen LogP contribution in [-0.2, 0) is 16.2 Å². The Bertz CT molecular complexity index is 1240. The van der Waals surface area contributed by atoms with E-state index in [1.54, 1.807) is 61.5 Å². The molecule has 0 aliphatic rings. The number of anilines is 1. The van der Waals surface area contributed by atoms with Crippen LogP contribution in [0.2, 0.25) is 5.02 Å². The van der Waals surface area contributed by atoms with E-state index in [0.29, 0.717) is 37.2 Å². The number of phenols is 1. The van der Waals surface area contributed by atoms with Gasteiger partial charge in [-0.1, -0.05) is 32.4 Å². The van der Waals surface area contributed by atoms with Crippen molar-refractivity contribution in [2.75, 3.05) is 5.32 Å². The summed E-state index contributed by atoms with van der Waals surface area (Å²) in [6, 6.07) is 17.1. The molecule has 0 spiro atoms. The van der Waals surface area contributed by atoms with E-state index in [1.807, 2.05) is 20.8 Å². The fraction of sp³-hybridized carbons (Fsp3) is 0.200. The number of nitrogens with one attached hydrogen (secondary N) is 1. The summed E-state index contributed by atoms with van der Waals surface area (Å²) in [7, 11) is -1.38.